The number of carbonyl (C=O) groups is 1. The second kappa shape index (κ2) is 8.25. The van der Waals surface area contributed by atoms with E-state index in [1.54, 1.807) is 7.11 Å². The number of methoxy groups -OCH3 is 1. The molecule has 4 heteroatoms. The van der Waals surface area contributed by atoms with Gasteiger partial charge >= 0.3 is 0 Å². The molecule has 0 saturated carbocycles. The van der Waals surface area contributed by atoms with Gasteiger partial charge in [0.2, 0.25) is 5.91 Å². The van der Waals surface area contributed by atoms with Gasteiger partial charge in [-0.25, -0.2) is 0 Å². The Morgan fingerprint density at radius 2 is 2.12 bits per heavy atom. The van der Waals surface area contributed by atoms with Crippen molar-refractivity contribution in [2.24, 2.45) is 0 Å². The van der Waals surface area contributed by atoms with Crippen molar-refractivity contribution < 1.29 is 9.53 Å². The van der Waals surface area contributed by atoms with Crippen LogP contribution in [0.5, 0.6) is 0 Å². The number of amides is 1. The fraction of sp³-hybridized carbons (Fsp3) is 0.769. The van der Waals surface area contributed by atoms with Crippen LogP contribution in [-0.2, 0) is 9.53 Å². The number of rotatable bonds is 4. The van der Waals surface area contributed by atoms with Gasteiger partial charge in [0.15, 0.2) is 0 Å². The molecule has 2 unspecified atom stereocenters. The molecule has 0 N–H and O–H groups in total. The SMILES string of the molecule is C=CC(=O)N1CCC(N(C)C)C1COC.CC. The third kappa shape index (κ3) is 4.13. The lowest BCUT2D eigenvalue weighted by Gasteiger charge is -2.30. The molecule has 1 rings (SSSR count). The maximum Gasteiger partial charge on any atom is 0.246 e. The molecule has 0 radical (unpaired) electrons. The van der Waals surface area contributed by atoms with Gasteiger partial charge in [0.05, 0.1) is 12.6 Å². The van der Waals surface area contributed by atoms with Crippen molar-refractivity contribution in [3.05, 3.63) is 12.7 Å². The molecule has 0 aliphatic carbocycles. The van der Waals surface area contributed by atoms with Crippen molar-refractivity contribution in [1.82, 2.24) is 9.80 Å². The zero-order valence-electron chi connectivity index (χ0n) is 11.8. The van der Waals surface area contributed by atoms with Gasteiger partial charge in [0.25, 0.3) is 0 Å². The van der Waals surface area contributed by atoms with Crippen molar-refractivity contribution >= 4 is 5.91 Å². The van der Waals surface area contributed by atoms with Crippen molar-refractivity contribution in [2.75, 3.05) is 34.4 Å². The summed E-state index contributed by atoms with van der Waals surface area (Å²) in [5.41, 5.74) is 0. The van der Waals surface area contributed by atoms with E-state index in [0.29, 0.717) is 12.6 Å². The first kappa shape index (κ1) is 16.1. The lowest BCUT2D eigenvalue weighted by Crippen LogP contribution is -2.46. The average molecular weight is 242 g/mol. The van der Waals surface area contributed by atoms with E-state index in [9.17, 15) is 4.79 Å². The number of hydrogen-bond donors (Lipinski definition) is 0. The normalized spacial score (nSPS) is 23.3. The van der Waals surface area contributed by atoms with E-state index >= 15 is 0 Å². The second-order valence-corrected chi connectivity index (χ2v) is 4.08. The Labute approximate surface area is 105 Å². The number of likely N-dealkylation sites (N-methyl/N-ethyl adjacent to an activating group) is 1. The first-order valence-corrected chi connectivity index (χ1v) is 6.20. The minimum Gasteiger partial charge on any atom is -0.382 e. The van der Waals surface area contributed by atoms with Crippen LogP contribution in [0.2, 0.25) is 0 Å². The third-order valence-electron chi connectivity index (χ3n) is 2.97. The molecule has 100 valence electrons. The van der Waals surface area contributed by atoms with Crippen LogP contribution in [0.15, 0.2) is 12.7 Å². The summed E-state index contributed by atoms with van der Waals surface area (Å²) in [7, 11) is 5.74. The van der Waals surface area contributed by atoms with Gasteiger partial charge in [-0.3, -0.25) is 4.79 Å². The molecule has 17 heavy (non-hydrogen) atoms. The Morgan fingerprint density at radius 1 is 1.53 bits per heavy atom. The first-order valence-electron chi connectivity index (χ1n) is 6.20. The van der Waals surface area contributed by atoms with Gasteiger partial charge in [0, 0.05) is 19.7 Å². The van der Waals surface area contributed by atoms with Gasteiger partial charge in [-0.15, -0.1) is 0 Å². The molecular weight excluding hydrogens is 216 g/mol. The molecule has 1 heterocycles. The van der Waals surface area contributed by atoms with Crippen LogP contribution < -0.4 is 0 Å². The zero-order valence-corrected chi connectivity index (χ0v) is 11.8. The van der Waals surface area contributed by atoms with Crippen molar-refractivity contribution in [3.8, 4) is 0 Å². The number of nitrogens with zero attached hydrogens (tertiary/aromatic N) is 2. The topological polar surface area (TPSA) is 32.8 Å². The molecule has 1 aliphatic rings. The number of likely N-dealkylation sites (tertiary alicyclic amines) is 1. The molecule has 4 nitrogen and oxygen atoms in total. The summed E-state index contributed by atoms with van der Waals surface area (Å²) < 4.78 is 5.18. The van der Waals surface area contributed by atoms with Gasteiger partial charge in [-0.05, 0) is 26.6 Å². The Kier molecular flexibility index (Phi) is 7.83. The minimum atomic E-state index is 0.00130. The maximum absolute atomic E-state index is 11.6. The highest BCUT2D eigenvalue weighted by Crippen LogP contribution is 2.22. The Bertz CT molecular complexity index is 242. The number of ether oxygens (including phenoxy) is 1. The zero-order chi connectivity index (χ0) is 13.4. The standard InChI is InChI=1S/C11H20N2O2.C2H6/c1-5-11(14)13-7-6-9(12(2)3)10(13)8-15-4;1-2/h5,9-10H,1,6-8H2,2-4H3;1-2H3. The summed E-state index contributed by atoms with van der Waals surface area (Å²) in [6, 6.07) is 0.532. The Hall–Kier alpha value is -0.870. The smallest absolute Gasteiger partial charge is 0.246 e. The lowest BCUT2D eigenvalue weighted by molar-refractivity contribution is -0.128. The lowest BCUT2D eigenvalue weighted by atomic mass is 10.1. The minimum absolute atomic E-state index is 0.00130. The summed E-state index contributed by atoms with van der Waals surface area (Å²) >= 11 is 0. The summed E-state index contributed by atoms with van der Waals surface area (Å²) in [5.74, 6) is 0.00130. The molecule has 1 saturated heterocycles. The molecule has 0 bridgehead atoms. The predicted octanol–water partition coefficient (Wildman–Crippen LogP) is 1.38. The summed E-state index contributed by atoms with van der Waals surface area (Å²) in [6.45, 7) is 8.90. The largest absolute Gasteiger partial charge is 0.382 e. The van der Waals surface area contributed by atoms with Crippen LogP contribution in [0.25, 0.3) is 0 Å². The molecule has 0 spiro atoms. The van der Waals surface area contributed by atoms with E-state index in [-0.39, 0.29) is 11.9 Å². The van der Waals surface area contributed by atoms with Crippen LogP contribution in [0.4, 0.5) is 0 Å². The quantitative estimate of drug-likeness (QED) is 0.698. The molecule has 1 aliphatic heterocycles. The van der Waals surface area contributed by atoms with Crippen LogP contribution >= 0.6 is 0 Å². The fourth-order valence-electron chi connectivity index (χ4n) is 2.20. The van der Waals surface area contributed by atoms with Crippen LogP contribution in [0, 0.1) is 0 Å². The van der Waals surface area contributed by atoms with Crippen molar-refractivity contribution in [1.29, 1.82) is 0 Å². The van der Waals surface area contributed by atoms with E-state index in [1.165, 1.54) is 6.08 Å². The molecular formula is C13H26N2O2. The maximum atomic E-state index is 11.6. The summed E-state index contributed by atoms with van der Waals surface area (Å²) in [5, 5.41) is 0. The number of carbonyl (C=O) groups excluding carboxylic acids is 1. The van der Waals surface area contributed by atoms with E-state index in [2.05, 4.69) is 11.5 Å². The highest BCUT2D eigenvalue weighted by molar-refractivity contribution is 5.87. The Balaban J connectivity index is 0.00000121. The number of hydrogen-bond acceptors (Lipinski definition) is 3. The van der Waals surface area contributed by atoms with Gasteiger partial charge in [-0.2, -0.15) is 0 Å². The highest BCUT2D eigenvalue weighted by atomic mass is 16.5. The molecule has 0 aromatic carbocycles. The average Bonchev–Trinajstić information content (AvgIpc) is 2.75. The molecule has 1 amide bonds. The molecule has 1 fully saturated rings. The van der Waals surface area contributed by atoms with Crippen LogP contribution in [0.3, 0.4) is 0 Å². The monoisotopic (exact) mass is 242 g/mol. The van der Waals surface area contributed by atoms with E-state index in [4.69, 9.17) is 4.74 Å². The fourth-order valence-corrected chi connectivity index (χ4v) is 2.20. The van der Waals surface area contributed by atoms with E-state index in [1.807, 2.05) is 32.8 Å². The van der Waals surface area contributed by atoms with Gasteiger partial charge < -0.3 is 14.5 Å². The second-order valence-electron chi connectivity index (χ2n) is 4.08. The molecule has 2 atom stereocenters. The van der Waals surface area contributed by atoms with Crippen molar-refractivity contribution in [2.45, 2.75) is 32.4 Å². The molecule has 0 aromatic rings. The molecule has 0 aromatic heterocycles. The predicted molar refractivity (Wildman–Crippen MR) is 71.0 cm³/mol. The summed E-state index contributed by atoms with van der Waals surface area (Å²) in [4.78, 5) is 15.6. The van der Waals surface area contributed by atoms with Gasteiger partial charge in [0.1, 0.15) is 0 Å². The first-order chi connectivity index (χ1) is 8.11. The highest BCUT2D eigenvalue weighted by Gasteiger charge is 2.37. The van der Waals surface area contributed by atoms with Crippen LogP contribution in [-0.4, -0.2) is 62.1 Å². The van der Waals surface area contributed by atoms with Crippen molar-refractivity contribution in [3.63, 3.8) is 0 Å². The van der Waals surface area contributed by atoms with E-state index in [0.717, 1.165) is 13.0 Å². The van der Waals surface area contributed by atoms with Crippen LogP contribution in [0.1, 0.15) is 20.3 Å². The van der Waals surface area contributed by atoms with Gasteiger partial charge in [-0.1, -0.05) is 20.4 Å². The summed E-state index contributed by atoms with van der Waals surface area (Å²) in [6.07, 6.45) is 2.38. The Morgan fingerprint density at radius 3 is 2.53 bits per heavy atom. The van der Waals surface area contributed by atoms with E-state index < -0.39 is 0 Å². The third-order valence-corrected chi connectivity index (χ3v) is 2.97.